The van der Waals surface area contributed by atoms with Gasteiger partial charge in [-0.1, -0.05) is 11.6 Å². The molecule has 0 atom stereocenters. The summed E-state index contributed by atoms with van der Waals surface area (Å²) in [7, 11) is -5.69. The van der Waals surface area contributed by atoms with Crippen molar-refractivity contribution in [2.24, 2.45) is 0 Å². The van der Waals surface area contributed by atoms with Gasteiger partial charge in [0.25, 0.3) is 0 Å². The molecule has 0 radical (unpaired) electrons. The lowest BCUT2D eigenvalue weighted by Gasteiger charge is -2.22. The van der Waals surface area contributed by atoms with Crippen molar-refractivity contribution in [1.82, 2.24) is 9.71 Å². The zero-order valence-corrected chi connectivity index (χ0v) is 14.5. The van der Waals surface area contributed by atoms with Gasteiger partial charge in [-0.15, -0.1) is 0 Å². The number of hydrogen-bond donors (Lipinski definition) is 2. The van der Waals surface area contributed by atoms with E-state index in [9.17, 15) is 16.8 Å². The van der Waals surface area contributed by atoms with Crippen LogP contribution in [0.5, 0.6) is 0 Å². The second kappa shape index (κ2) is 6.07. The molecule has 1 heterocycles. The van der Waals surface area contributed by atoms with Crippen LogP contribution in [0, 0.1) is 0 Å². The summed E-state index contributed by atoms with van der Waals surface area (Å²) in [5.41, 5.74) is 0. The predicted octanol–water partition coefficient (Wildman–Crippen LogP) is 0.878. The Balaban J connectivity index is 3.01. The van der Waals surface area contributed by atoms with Crippen LogP contribution in [-0.4, -0.2) is 46.4 Å². The fourth-order valence-corrected chi connectivity index (χ4v) is 3.17. The van der Waals surface area contributed by atoms with Crippen LogP contribution in [0.2, 0.25) is 5.02 Å². The lowest BCUT2D eigenvalue weighted by molar-refractivity contribution is 0.537. The van der Waals surface area contributed by atoms with Gasteiger partial charge in [-0.2, -0.15) is 0 Å². The molecule has 0 aliphatic rings. The molecule has 0 aromatic carbocycles. The molecular weight excluding hydrogens is 338 g/mol. The maximum absolute atomic E-state index is 12.1. The molecule has 0 aliphatic heterocycles. The number of nitrogens with one attached hydrogen (secondary N) is 2. The molecule has 7 nitrogen and oxygen atoms in total. The normalized spacial score (nSPS) is 13.2. The Bertz CT molecular complexity index is 730. The minimum absolute atomic E-state index is 0.129. The van der Waals surface area contributed by atoms with Gasteiger partial charge in [0.2, 0.25) is 10.0 Å². The van der Waals surface area contributed by atoms with E-state index >= 15 is 0 Å². The number of sulfone groups is 1. The van der Waals surface area contributed by atoms with E-state index < -0.39 is 24.6 Å². The Labute approximate surface area is 130 Å². The first kappa shape index (κ1) is 18.1. The van der Waals surface area contributed by atoms with Gasteiger partial charge in [0.05, 0.1) is 9.77 Å². The van der Waals surface area contributed by atoms with E-state index in [1.165, 1.54) is 19.9 Å². The van der Waals surface area contributed by atoms with Crippen molar-refractivity contribution in [2.45, 2.75) is 23.5 Å². The number of pyridine rings is 1. The average molecular weight is 356 g/mol. The third-order valence-corrected chi connectivity index (χ3v) is 6.86. The van der Waals surface area contributed by atoms with Crippen molar-refractivity contribution in [2.75, 3.05) is 25.2 Å². The van der Waals surface area contributed by atoms with Gasteiger partial charge in [0.15, 0.2) is 9.84 Å². The van der Waals surface area contributed by atoms with Crippen molar-refractivity contribution < 1.29 is 16.8 Å². The zero-order valence-electron chi connectivity index (χ0n) is 12.1. The van der Waals surface area contributed by atoms with E-state index in [2.05, 4.69) is 15.0 Å². The van der Waals surface area contributed by atoms with E-state index in [0.717, 1.165) is 12.5 Å². The first-order chi connectivity index (χ1) is 9.40. The number of rotatable bonds is 6. The standard InChI is InChI=1S/C11H18ClN3O4S2/c1-11(2,20(4,16)17)7-15-21(18,19)8-5-9(12)10(13-3)14-6-8/h5-6,15H,7H2,1-4H3,(H,13,14). The minimum atomic E-state index is -3.89. The first-order valence-electron chi connectivity index (χ1n) is 5.93. The van der Waals surface area contributed by atoms with Crippen molar-refractivity contribution in [1.29, 1.82) is 0 Å². The highest BCUT2D eigenvalue weighted by molar-refractivity contribution is 7.92. The third kappa shape index (κ3) is 4.29. The number of nitrogens with zero attached hydrogens (tertiary/aromatic N) is 1. The smallest absolute Gasteiger partial charge is 0.242 e. The van der Waals surface area contributed by atoms with Crippen molar-refractivity contribution in [3.05, 3.63) is 17.3 Å². The van der Waals surface area contributed by atoms with Crippen LogP contribution in [0.4, 0.5) is 5.82 Å². The predicted molar refractivity (Wildman–Crippen MR) is 82.9 cm³/mol. The summed E-state index contributed by atoms with van der Waals surface area (Å²) in [5, 5.41) is 2.87. The van der Waals surface area contributed by atoms with Gasteiger partial charge >= 0.3 is 0 Å². The van der Waals surface area contributed by atoms with Crippen LogP contribution >= 0.6 is 11.6 Å². The molecule has 10 heteroatoms. The number of aromatic nitrogens is 1. The maximum Gasteiger partial charge on any atom is 0.242 e. The monoisotopic (exact) mass is 355 g/mol. The second-order valence-corrected chi connectivity index (χ2v) is 9.93. The molecule has 0 saturated heterocycles. The van der Waals surface area contributed by atoms with E-state index in [-0.39, 0.29) is 16.5 Å². The van der Waals surface area contributed by atoms with Crippen LogP contribution in [0.3, 0.4) is 0 Å². The van der Waals surface area contributed by atoms with Gasteiger partial charge < -0.3 is 5.32 Å². The molecule has 0 saturated carbocycles. The third-order valence-electron chi connectivity index (χ3n) is 3.05. The topological polar surface area (TPSA) is 105 Å². The van der Waals surface area contributed by atoms with E-state index in [1.54, 1.807) is 7.05 Å². The fraction of sp³-hybridized carbons (Fsp3) is 0.545. The van der Waals surface area contributed by atoms with Crippen molar-refractivity contribution in [3.63, 3.8) is 0 Å². The van der Waals surface area contributed by atoms with Crippen LogP contribution in [0.25, 0.3) is 0 Å². The molecule has 1 aromatic rings. The van der Waals surface area contributed by atoms with Crippen LogP contribution in [0.15, 0.2) is 17.2 Å². The molecule has 0 amide bonds. The Morgan fingerprint density at radius 3 is 2.29 bits per heavy atom. The van der Waals surface area contributed by atoms with E-state index in [4.69, 9.17) is 11.6 Å². The van der Waals surface area contributed by atoms with E-state index in [0.29, 0.717) is 5.82 Å². The highest BCUT2D eigenvalue weighted by Crippen LogP contribution is 2.22. The van der Waals surface area contributed by atoms with Crippen molar-refractivity contribution in [3.8, 4) is 0 Å². The molecule has 0 bridgehead atoms. The number of sulfonamides is 1. The van der Waals surface area contributed by atoms with Gasteiger partial charge in [-0.3, -0.25) is 0 Å². The zero-order chi connectivity index (χ0) is 16.5. The molecule has 120 valence electrons. The van der Waals surface area contributed by atoms with Gasteiger partial charge in [-0.05, 0) is 19.9 Å². The Hall–Kier alpha value is -0.900. The molecular formula is C11H18ClN3O4S2. The Morgan fingerprint density at radius 1 is 1.29 bits per heavy atom. The molecule has 1 aromatic heterocycles. The van der Waals surface area contributed by atoms with Crippen LogP contribution < -0.4 is 10.0 Å². The number of halogens is 1. The average Bonchev–Trinajstić information content (AvgIpc) is 2.35. The summed E-state index contributed by atoms with van der Waals surface area (Å²) >= 11 is 5.89. The van der Waals surface area contributed by atoms with Crippen LogP contribution in [-0.2, 0) is 19.9 Å². The highest BCUT2D eigenvalue weighted by Gasteiger charge is 2.32. The highest BCUT2D eigenvalue weighted by atomic mass is 35.5. The summed E-state index contributed by atoms with van der Waals surface area (Å²) in [6.45, 7) is 2.64. The summed E-state index contributed by atoms with van der Waals surface area (Å²) in [6, 6.07) is 1.25. The molecule has 0 unspecified atom stereocenters. The van der Waals surface area contributed by atoms with Gasteiger partial charge in [0.1, 0.15) is 10.7 Å². The Kier molecular flexibility index (Phi) is 5.25. The van der Waals surface area contributed by atoms with Gasteiger partial charge in [-0.25, -0.2) is 26.5 Å². The molecule has 0 spiro atoms. The SMILES string of the molecule is CNc1ncc(S(=O)(=O)NCC(C)(C)S(C)(=O)=O)cc1Cl. The molecule has 1 rings (SSSR count). The molecule has 21 heavy (non-hydrogen) atoms. The fourth-order valence-electron chi connectivity index (χ4n) is 1.23. The second-order valence-electron chi connectivity index (χ2n) is 5.11. The molecule has 2 N–H and O–H groups in total. The summed E-state index contributed by atoms with van der Waals surface area (Å²) in [5.74, 6) is 0.354. The summed E-state index contributed by atoms with van der Waals surface area (Å²) in [6.07, 6.45) is 2.20. The quantitative estimate of drug-likeness (QED) is 0.784. The van der Waals surface area contributed by atoms with Gasteiger partial charge in [0, 0.05) is 26.0 Å². The molecule has 0 fully saturated rings. The lowest BCUT2D eigenvalue weighted by Crippen LogP contribution is -2.43. The summed E-state index contributed by atoms with van der Waals surface area (Å²) < 4.78 is 48.4. The first-order valence-corrected chi connectivity index (χ1v) is 9.68. The largest absolute Gasteiger partial charge is 0.372 e. The summed E-state index contributed by atoms with van der Waals surface area (Å²) in [4.78, 5) is 3.75. The number of hydrogen-bond acceptors (Lipinski definition) is 6. The van der Waals surface area contributed by atoms with Crippen molar-refractivity contribution >= 4 is 37.3 Å². The van der Waals surface area contributed by atoms with E-state index in [1.807, 2.05) is 0 Å². The maximum atomic E-state index is 12.1. The molecule has 0 aliphatic carbocycles. The Morgan fingerprint density at radius 2 is 1.86 bits per heavy atom. The lowest BCUT2D eigenvalue weighted by atomic mass is 10.2. The number of anilines is 1. The van der Waals surface area contributed by atoms with Crippen LogP contribution in [0.1, 0.15) is 13.8 Å². The minimum Gasteiger partial charge on any atom is -0.372 e.